The Bertz CT molecular complexity index is 419. The van der Waals surface area contributed by atoms with Crippen LogP contribution in [-0.4, -0.2) is 69.6 Å². The minimum absolute atomic E-state index is 0.0220. The van der Waals surface area contributed by atoms with Gasteiger partial charge in [0.25, 0.3) is 11.7 Å². The standard InChI is InChI=1S/C9H15N7O2/c1-2-11-8(17)6-5-10-3-4-16(6)9(18)7-12-14-15-13-7/h6,10H,2-5H2,1H3,(H,11,17)(H,12,13,14,15). The first kappa shape index (κ1) is 12.4. The van der Waals surface area contributed by atoms with Crippen molar-refractivity contribution >= 4 is 11.8 Å². The van der Waals surface area contributed by atoms with Crippen LogP contribution in [0.4, 0.5) is 0 Å². The van der Waals surface area contributed by atoms with Crippen LogP contribution in [-0.2, 0) is 4.79 Å². The van der Waals surface area contributed by atoms with Crippen LogP contribution in [0.15, 0.2) is 0 Å². The number of carbonyl (C=O) groups excluding carboxylic acids is 2. The van der Waals surface area contributed by atoms with Gasteiger partial charge in [-0.25, -0.2) is 0 Å². The number of nitrogens with one attached hydrogen (secondary N) is 3. The number of amides is 2. The van der Waals surface area contributed by atoms with Gasteiger partial charge in [-0.15, -0.1) is 10.2 Å². The molecule has 1 atom stereocenters. The third kappa shape index (κ3) is 2.45. The quantitative estimate of drug-likeness (QED) is 0.560. The Morgan fingerprint density at radius 2 is 2.39 bits per heavy atom. The van der Waals surface area contributed by atoms with Crippen LogP contribution in [0.3, 0.4) is 0 Å². The fourth-order valence-corrected chi connectivity index (χ4v) is 1.85. The second kappa shape index (κ2) is 5.54. The summed E-state index contributed by atoms with van der Waals surface area (Å²) in [5.74, 6) is -0.589. The van der Waals surface area contributed by atoms with Crippen molar-refractivity contribution in [2.75, 3.05) is 26.2 Å². The maximum absolute atomic E-state index is 12.1. The van der Waals surface area contributed by atoms with Gasteiger partial charge >= 0.3 is 0 Å². The van der Waals surface area contributed by atoms with E-state index in [2.05, 4.69) is 31.3 Å². The van der Waals surface area contributed by atoms with Crippen LogP contribution < -0.4 is 10.6 Å². The van der Waals surface area contributed by atoms with Crippen molar-refractivity contribution < 1.29 is 9.59 Å². The lowest BCUT2D eigenvalue weighted by Crippen LogP contribution is -2.59. The van der Waals surface area contributed by atoms with Gasteiger partial charge in [-0.3, -0.25) is 9.59 Å². The van der Waals surface area contributed by atoms with Crippen LogP contribution >= 0.6 is 0 Å². The first-order valence-corrected chi connectivity index (χ1v) is 5.77. The topological polar surface area (TPSA) is 116 Å². The van der Waals surface area contributed by atoms with Gasteiger partial charge in [0.1, 0.15) is 6.04 Å². The molecule has 3 N–H and O–H groups in total. The van der Waals surface area contributed by atoms with E-state index in [-0.39, 0.29) is 17.6 Å². The fourth-order valence-electron chi connectivity index (χ4n) is 1.85. The van der Waals surface area contributed by atoms with Gasteiger partial charge in [0.05, 0.1) is 0 Å². The molecule has 1 aromatic rings. The Hall–Kier alpha value is -2.03. The van der Waals surface area contributed by atoms with E-state index in [9.17, 15) is 9.59 Å². The summed E-state index contributed by atoms with van der Waals surface area (Å²) >= 11 is 0. The lowest BCUT2D eigenvalue weighted by molar-refractivity contribution is -0.126. The molecule has 2 rings (SSSR count). The number of tetrazole rings is 1. The van der Waals surface area contributed by atoms with Crippen LogP contribution in [0.2, 0.25) is 0 Å². The first-order valence-electron chi connectivity index (χ1n) is 5.77. The third-order valence-electron chi connectivity index (χ3n) is 2.69. The lowest BCUT2D eigenvalue weighted by Gasteiger charge is -2.34. The summed E-state index contributed by atoms with van der Waals surface area (Å²) in [5.41, 5.74) is 0. The largest absolute Gasteiger partial charge is 0.355 e. The highest BCUT2D eigenvalue weighted by molar-refractivity contribution is 5.95. The summed E-state index contributed by atoms with van der Waals surface area (Å²) in [4.78, 5) is 25.5. The SMILES string of the molecule is CCNC(=O)C1CNCCN1C(=O)c1nn[nH]n1. The lowest BCUT2D eigenvalue weighted by atomic mass is 10.1. The highest BCUT2D eigenvalue weighted by atomic mass is 16.2. The van der Waals surface area contributed by atoms with Gasteiger partial charge < -0.3 is 15.5 Å². The van der Waals surface area contributed by atoms with Crippen molar-refractivity contribution in [2.45, 2.75) is 13.0 Å². The molecule has 98 valence electrons. The number of nitrogens with zero attached hydrogens (tertiary/aromatic N) is 4. The Kier molecular flexibility index (Phi) is 3.82. The van der Waals surface area contributed by atoms with Gasteiger partial charge in [-0.1, -0.05) is 0 Å². The van der Waals surface area contributed by atoms with E-state index < -0.39 is 6.04 Å². The van der Waals surface area contributed by atoms with Crippen molar-refractivity contribution in [1.29, 1.82) is 0 Å². The summed E-state index contributed by atoms with van der Waals surface area (Å²) in [7, 11) is 0. The number of piperazine rings is 1. The molecule has 0 bridgehead atoms. The minimum atomic E-state index is -0.537. The van der Waals surface area contributed by atoms with Crippen molar-refractivity contribution in [3.8, 4) is 0 Å². The molecular formula is C9H15N7O2. The molecule has 0 aromatic carbocycles. The normalized spacial score (nSPS) is 19.6. The van der Waals surface area contributed by atoms with Crippen molar-refractivity contribution in [1.82, 2.24) is 36.2 Å². The molecule has 2 amide bonds. The number of aromatic nitrogens is 4. The molecule has 0 spiro atoms. The van der Waals surface area contributed by atoms with E-state index in [4.69, 9.17) is 0 Å². The van der Waals surface area contributed by atoms with E-state index in [1.165, 1.54) is 4.90 Å². The van der Waals surface area contributed by atoms with Crippen LogP contribution in [0, 0.1) is 0 Å². The average Bonchev–Trinajstić information content (AvgIpc) is 2.92. The van der Waals surface area contributed by atoms with Crippen LogP contribution in [0.5, 0.6) is 0 Å². The number of hydrogen-bond donors (Lipinski definition) is 3. The zero-order valence-electron chi connectivity index (χ0n) is 10.0. The predicted molar refractivity (Wildman–Crippen MR) is 60.6 cm³/mol. The molecule has 2 heterocycles. The molecule has 9 heteroatoms. The maximum atomic E-state index is 12.1. The van der Waals surface area contributed by atoms with E-state index in [0.717, 1.165) is 0 Å². The summed E-state index contributed by atoms with van der Waals surface area (Å²) < 4.78 is 0. The Morgan fingerprint density at radius 1 is 1.56 bits per heavy atom. The summed E-state index contributed by atoms with van der Waals surface area (Å²) in [6.07, 6.45) is 0. The number of hydrogen-bond acceptors (Lipinski definition) is 6. The molecule has 1 aliphatic heterocycles. The monoisotopic (exact) mass is 253 g/mol. The predicted octanol–water partition coefficient (Wildman–Crippen LogP) is -2.25. The second-order valence-corrected chi connectivity index (χ2v) is 3.85. The molecule has 0 radical (unpaired) electrons. The van der Waals surface area contributed by atoms with Crippen LogP contribution in [0.25, 0.3) is 0 Å². The van der Waals surface area contributed by atoms with Gasteiger partial charge in [0.2, 0.25) is 5.91 Å². The highest BCUT2D eigenvalue weighted by Gasteiger charge is 2.33. The number of carbonyl (C=O) groups is 2. The van der Waals surface area contributed by atoms with E-state index in [1.807, 2.05) is 6.92 Å². The molecule has 18 heavy (non-hydrogen) atoms. The van der Waals surface area contributed by atoms with Crippen molar-refractivity contribution in [3.63, 3.8) is 0 Å². The molecule has 0 aliphatic carbocycles. The van der Waals surface area contributed by atoms with Crippen molar-refractivity contribution in [2.24, 2.45) is 0 Å². The van der Waals surface area contributed by atoms with Crippen LogP contribution in [0.1, 0.15) is 17.5 Å². The molecule has 1 fully saturated rings. The Morgan fingerprint density at radius 3 is 3.06 bits per heavy atom. The minimum Gasteiger partial charge on any atom is -0.355 e. The molecule has 0 saturated carbocycles. The number of aromatic amines is 1. The zero-order chi connectivity index (χ0) is 13.0. The fraction of sp³-hybridized carbons (Fsp3) is 0.667. The summed E-state index contributed by atoms with van der Waals surface area (Å²) in [6.45, 7) is 3.86. The zero-order valence-corrected chi connectivity index (χ0v) is 10.0. The molecule has 9 nitrogen and oxygen atoms in total. The highest BCUT2D eigenvalue weighted by Crippen LogP contribution is 2.07. The van der Waals surface area contributed by atoms with Gasteiger partial charge in [-0.2, -0.15) is 5.21 Å². The molecule has 1 saturated heterocycles. The first-order chi connectivity index (χ1) is 8.74. The van der Waals surface area contributed by atoms with E-state index in [1.54, 1.807) is 0 Å². The number of rotatable bonds is 3. The number of H-pyrrole nitrogens is 1. The second-order valence-electron chi connectivity index (χ2n) is 3.85. The molecule has 1 aliphatic rings. The molecule has 1 unspecified atom stereocenters. The van der Waals surface area contributed by atoms with Crippen molar-refractivity contribution in [3.05, 3.63) is 5.82 Å². The van der Waals surface area contributed by atoms with E-state index >= 15 is 0 Å². The Labute approximate surface area is 103 Å². The average molecular weight is 253 g/mol. The third-order valence-corrected chi connectivity index (χ3v) is 2.69. The van der Waals surface area contributed by atoms with Gasteiger partial charge in [0.15, 0.2) is 0 Å². The molecular weight excluding hydrogens is 238 g/mol. The molecule has 1 aromatic heterocycles. The van der Waals surface area contributed by atoms with Gasteiger partial charge in [-0.05, 0) is 12.1 Å². The smallest absolute Gasteiger partial charge is 0.296 e. The maximum Gasteiger partial charge on any atom is 0.296 e. The number of likely N-dealkylation sites (N-methyl/N-ethyl adjacent to an activating group) is 1. The van der Waals surface area contributed by atoms with Gasteiger partial charge in [0, 0.05) is 26.2 Å². The Balaban J connectivity index is 2.12. The summed E-state index contributed by atoms with van der Waals surface area (Å²) in [5, 5.41) is 18.6. The summed E-state index contributed by atoms with van der Waals surface area (Å²) in [6, 6.07) is -0.537. The van der Waals surface area contributed by atoms with E-state index in [0.29, 0.717) is 26.2 Å².